The van der Waals surface area contributed by atoms with Crippen LogP contribution in [0.5, 0.6) is 0 Å². The molecule has 0 radical (unpaired) electrons. The summed E-state index contributed by atoms with van der Waals surface area (Å²) in [6, 6.07) is 9.42. The molecule has 1 atom stereocenters. The fourth-order valence-electron chi connectivity index (χ4n) is 1.59. The number of nitrogens with one attached hydrogen (secondary N) is 1. The summed E-state index contributed by atoms with van der Waals surface area (Å²) in [5.41, 5.74) is 7.05. The molecule has 4 nitrogen and oxygen atoms in total. The van der Waals surface area contributed by atoms with Gasteiger partial charge in [0.15, 0.2) is 0 Å². The first-order valence-electron chi connectivity index (χ1n) is 4.62. The maximum absolute atomic E-state index is 11.4. The summed E-state index contributed by atoms with van der Waals surface area (Å²) >= 11 is 0. The lowest BCUT2D eigenvalue weighted by Gasteiger charge is -2.11. The summed E-state index contributed by atoms with van der Waals surface area (Å²) in [5, 5.41) is 6.50. The standard InChI is InChI=1S/C11H11N3O/c12-11(15)10(9-6-13-14-7-9)8-4-2-1-3-5-8/h1-7,10H,(H2,12,15)(H,13,14). The normalized spacial score (nSPS) is 12.3. The smallest absolute Gasteiger partial charge is 0.229 e. The van der Waals surface area contributed by atoms with Crippen LogP contribution in [0.15, 0.2) is 42.7 Å². The molecule has 0 fully saturated rings. The van der Waals surface area contributed by atoms with Gasteiger partial charge >= 0.3 is 0 Å². The van der Waals surface area contributed by atoms with Crippen LogP contribution in [0.1, 0.15) is 17.0 Å². The van der Waals surface area contributed by atoms with E-state index in [9.17, 15) is 4.79 Å². The van der Waals surface area contributed by atoms with Gasteiger partial charge in [-0.3, -0.25) is 9.89 Å². The third kappa shape index (κ3) is 1.88. The largest absolute Gasteiger partial charge is 0.369 e. The van der Waals surface area contributed by atoms with E-state index in [0.717, 1.165) is 11.1 Å². The number of nitrogens with zero attached hydrogens (tertiary/aromatic N) is 1. The number of hydrogen-bond donors (Lipinski definition) is 2. The van der Waals surface area contributed by atoms with Crippen molar-refractivity contribution in [3.05, 3.63) is 53.9 Å². The van der Waals surface area contributed by atoms with Gasteiger partial charge in [-0.05, 0) is 5.56 Å². The van der Waals surface area contributed by atoms with Crippen LogP contribution >= 0.6 is 0 Å². The Kier molecular flexibility index (Phi) is 2.49. The second-order valence-corrected chi connectivity index (χ2v) is 3.28. The molecule has 0 saturated carbocycles. The monoisotopic (exact) mass is 201 g/mol. The average Bonchev–Trinajstić information content (AvgIpc) is 2.72. The quantitative estimate of drug-likeness (QED) is 0.778. The predicted molar refractivity (Wildman–Crippen MR) is 56.1 cm³/mol. The van der Waals surface area contributed by atoms with Crippen LogP contribution in [0.2, 0.25) is 0 Å². The Morgan fingerprint density at radius 1 is 1.27 bits per heavy atom. The molecule has 0 bridgehead atoms. The number of benzene rings is 1. The van der Waals surface area contributed by atoms with Crippen molar-refractivity contribution in [1.82, 2.24) is 10.2 Å². The molecule has 1 aromatic heterocycles. The minimum absolute atomic E-state index is 0.373. The number of aromatic nitrogens is 2. The van der Waals surface area contributed by atoms with Crippen molar-refractivity contribution >= 4 is 5.91 Å². The fourth-order valence-corrected chi connectivity index (χ4v) is 1.59. The highest BCUT2D eigenvalue weighted by Gasteiger charge is 2.20. The minimum Gasteiger partial charge on any atom is -0.369 e. The summed E-state index contributed by atoms with van der Waals surface area (Å²) < 4.78 is 0. The van der Waals surface area contributed by atoms with Crippen molar-refractivity contribution in [1.29, 1.82) is 0 Å². The van der Waals surface area contributed by atoms with E-state index in [1.807, 2.05) is 30.3 Å². The molecule has 0 aliphatic rings. The van der Waals surface area contributed by atoms with Gasteiger partial charge in [0.1, 0.15) is 0 Å². The van der Waals surface area contributed by atoms with Crippen molar-refractivity contribution in [2.24, 2.45) is 5.73 Å². The Bertz CT molecular complexity index is 436. The summed E-state index contributed by atoms with van der Waals surface area (Å²) in [4.78, 5) is 11.4. The number of H-pyrrole nitrogens is 1. The van der Waals surface area contributed by atoms with E-state index in [4.69, 9.17) is 5.73 Å². The van der Waals surface area contributed by atoms with Crippen LogP contribution in [0, 0.1) is 0 Å². The molecule has 0 aliphatic heterocycles. The molecular formula is C11H11N3O. The van der Waals surface area contributed by atoms with E-state index in [0.29, 0.717) is 0 Å². The SMILES string of the molecule is NC(=O)C(c1ccccc1)c1cn[nH]c1. The molecule has 0 spiro atoms. The van der Waals surface area contributed by atoms with E-state index in [-0.39, 0.29) is 5.91 Å². The first-order chi connectivity index (χ1) is 7.29. The van der Waals surface area contributed by atoms with Crippen LogP contribution in [-0.2, 0) is 4.79 Å². The first kappa shape index (κ1) is 9.45. The van der Waals surface area contributed by atoms with Crippen LogP contribution < -0.4 is 5.73 Å². The van der Waals surface area contributed by atoms with Crippen LogP contribution in [-0.4, -0.2) is 16.1 Å². The van der Waals surface area contributed by atoms with Crippen LogP contribution in [0.25, 0.3) is 0 Å². The third-order valence-corrected chi connectivity index (χ3v) is 2.27. The third-order valence-electron chi connectivity index (χ3n) is 2.27. The molecular weight excluding hydrogens is 190 g/mol. The number of primary amides is 1. The minimum atomic E-state index is -0.426. The molecule has 4 heteroatoms. The molecule has 1 amide bonds. The number of nitrogens with two attached hydrogens (primary N) is 1. The zero-order chi connectivity index (χ0) is 10.7. The lowest BCUT2D eigenvalue weighted by Crippen LogP contribution is -2.21. The van der Waals surface area contributed by atoms with Gasteiger partial charge in [-0.2, -0.15) is 5.10 Å². The topological polar surface area (TPSA) is 71.8 Å². The Hall–Kier alpha value is -2.10. The second-order valence-electron chi connectivity index (χ2n) is 3.28. The van der Waals surface area contributed by atoms with E-state index in [1.165, 1.54) is 0 Å². The summed E-state index contributed by atoms with van der Waals surface area (Å²) in [6.07, 6.45) is 3.30. The lowest BCUT2D eigenvalue weighted by atomic mass is 9.93. The Morgan fingerprint density at radius 2 is 2.00 bits per heavy atom. The van der Waals surface area contributed by atoms with Gasteiger partial charge in [-0.1, -0.05) is 30.3 Å². The number of hydrogen-bond acceptors (Lipinski definition) is 2. The molecule has 1 aromatic carbocycles. The zero-order valence-electron chi connectivity index (χ0n) is 8.05. The van der Waals surface area contributed by atoms with Gasteiger partial charge in [0, 0.05) is 11.8 Å². The van der Waals surface area contributed by atoms with Gasteiger partial charge in [-0.15, -0.1) is 0 Å². The van der Waals surface area contributed by atoms with E-state index in [2.05, 4.69) is 10.2 Å². The maximum Gasteiger partial charge on any atom is 0.229 e. The van der Waals surface area contributed by atoms with Gasteiger partial charge < -0.3 is 5.73 Å². The van der Waals surface area contributed by atoms with Crippen molar-refractivity contribution < 1.29 is 4.79 Å². The molecule has 2 rings (SSSR count). The van der Waals surface area contributed by atoms with Crippen LogP contribution in [0.3, 0.4) is 0 Å². The molecule has 15 heavy (non-hydrogen) atoms. The highest BCUT2D eigenvalue weighted by atomic mass is 16.1. The number of amides is 1. The van der Waals surface area contributed by atoms with E-state index in [1.54, 1.807) is 12.4 Å². The first-order valence-corrected chi connectivity index (χ1v) is 4.62. The van der Waals surface area contributed by atoms with Gasteiger partial charge in [0.25, 0.3) is 0 Å². The zero-order valence-corrected chi connectivity index (χ0v) is 8.05. The predicted octanol–water partition coefficient (Wildman–Crippen LogP) is 1.03. The second kappa shape index (κ2) is 3.96. The van der Waals surface area contributed by atoms with E-state index >= 15 is 0 Å². The number of aromatic amines is 1. The molecule has 0 saturated heterocycles. The van der Waals surface area contributed by atoms with Crippen LogP contribution in [0.4, 0.5) is 0 Å². The average molecular weight is 201 g/mol. The Morgan fingerprint density at radius 3 is 2.53 bits per heavy atom. The highest BCUT2D eigenvalue weighted by molar-refractivity contribution is 5.85. The highest BCUT2D eigenvalue weighted by Crippen LogP contribution is 2.22. The van der Waals surface area contributed by atoms with Gasteiger partial charge in [-0.25, -0.2) is 0 Å². The molecule has 3 N–H and O–H groups in total. The van der Waals surface area contributed by atoms with Gasteiger partial charge in [0.2, 0.25) is 5.91 Å². The molecule has 76 valence electrons. The summed E-state index contributed by atoms with van der Waals surface area (Å²) in [7, 11) is 0. The van der Waals surface area contributed by atoms with Crippen molar-refractivity contribution in [2.45, 2.75) is 5.92 Å². The number of carbonyl (C=O) groups excluding carboxylic acids is 1. The van der Waals surface area contributed by atoms with Gasteiger partial charge in [0.05, 0.1) is 12.1 Å². The van der Waals surface area contributed by atoms with E-state index < -0.39 is 5.92 Å². The molecule has 1 unspecified atom stereocenters. The van der Waals surface area contributed by atoms with Crippen molar-refractivity contribution in [3.8, 4) is 0 Å². The lowest BCUT2D eigenvalue weighted by molar-refractivity contribution is -0.118. The Balaban J connectivity index is 2.42. The fraction of sp³-hybridized carbons (Fsp3) is 0.0909. The summed E-state index contributed by atoms with van der Waals surface area (Å²) in [6.45, 7) is 0. The molecule has 2 aromatic rings. The maximum atomic E-state index is 11.4. The number of rotatable bonds is 3. The molecule has 0 aliphatic carbocycles. The molecule has 1 heterocycles. The summed E-state index contributed by atoms with van der Waals surface area (Å²) in [5.74, 6) is -0.799. The van der Waals surface area contributed by atoms with Crippen molar-refractivity contribution in [2.75, 3.05) is 0 Å². The Labute approximate surface area is 87.1 Å². The van der Waals surface area contributed by atoms with Crippen molar-refractivity contribution in [3.63, 3.8) is 0 Å². The number of carbonyl (C=O) groups is 1.